The van der Waals surface area contributed by atoms with E-state index in [0.717, 1.165) is 11.1 Å². The fraction of sp³-hybridized carbons (Fsp3) is 0.125. The molecule has 0 bridgehead atoms. The van der Waals surface area contributed by atoms with E-state index in [0.29, 0.717) is 45.8 Å². The van der Waals surface area contributed by atoms with Crippen LogP contribution in [0.5, 0.6) is 23.0 Å². The monoisotopic (exact) mass is 437 g/mol. The van der Waals surface area contributed by atoms with E-state index in [4.69, 9.17) is 30.3 Å². The van der Waals surface area contributed by atoms with Crippen molar-refractivity contribution >= 4 is 11.6 Å². The summed E-state index contributed by atoms with van der Waals surface area (Å²) < 4.78 is 21.9. The van der Waals surface area contributed by atoms with Gasteiger partial charge in [-0.05, 0) is 47.5 Å². The van der Waals surface area contributed by atoms with E-state index in [2.05, 4.69) is 5.16 Å². The SMILES string of the molecule is COc1ccc(-c2cnoc2-c2ccc(OCc3cccc(Cl)c3)cc2O)cc1OC. The molecule has 0 atom stereocenters. The van der Waals surface area contributed by atoms with E-state index in [1.165, 1.54) is 0 Å². The summed E-state index contributed by atoms with van der Waals surface area (Å²) in [6, 6.07) is 18.0. The molecule has 7 heteroatoms. The molecule has 0 fully saturated rings. The van der Waals surface area contributed by atoms with Crippen LogP contribution in [-0.2, 0) is 6.61 Å². The van der Waals surface area contributed by atoms with E-state index in [1.807, 2.05) is 30.3 Å². The molecule has 0 radical (unpaired) electrons. The minimum atomic E-state index is 0.0158. The molecule has 0 saturated carbocycles. The Morgan fingerprint density at radius 1 is 0.935 bits per heavy atom. The number of hydrogen-bond donors (Lipinski definition) is 1. The number of benzene rings is 3. The molecule has 0 aliphatic rings. The van der Waals surface area contributed by atoms with Gasteiger partial charge in [0, 0.05) is 16.7 Å². The summed E-state index contributed by atoms with van der Waals surface area (Å²) in [5.41, 5.74) is 2.96. The van der Waals surface area contributed by atoms with Gasteiger partial charge in [0.05, 0.1) is 26.0 Å². The quantitative estimate of drug-likeness (QED) is 0.384. The maximum absolute atomic E-state index is 10.6. The topological polar surface area (TPSA) is 74.0 Å². The highest BCUT2D eigenvalue weighted by atomic mass is 35.5. The molecule has 0 spiro atoms. The first kappa shape index (κ1) is 20.6. The van der Waals surface area contributed by atoms with Crippen LogP contribution in [0.2, 0.25) is 5.02 Å². The standard InChI is InChI=1S/C24H20ClNO5/c1-28-22-9-6-16(11-23(22)29-2)20-13-26-31-24(20)19-8-7-18(12-21(19)27)30-14-15-4-3-5-17(25)10-15/h3-13,27H,14H2,1-2H3. The lowest BCUT2D eigenvalue weighted by atomic mass is 10.0. The van der Waals surface area contributed by atoms with Crippen LogP contribution in [0.15, 0.2) is 71.4 Å². The Morgan fingerprint density at radius 2 is 1.77 bits per heavy atom. The van der Waals surface area contributed by atoms with Crippen molar-refractivity contribution in [1.29, 1.82) is 0 Å². The average Bonchev–Trinajstić information content (AvgIpc) is 3.27. The first-order valence-electron chi connectivity index (χ1n) is 9.46. The van der Waals surface area contributed by atoms with Gasteiger partial charge in [-0.3, -0.25) is 0 Å². The Balaban J connectivity index is 1.59. The average molecular weight is 438 g/mol. The van der Waals surface area contributed by atoms with Crippen LogP contribution in [0.1, 0.15) is 5.56 Å². The summed E-state index contributed by atoms with van der Waals surface area (Å²) in [5, 5.41) is 15.2. The predicted octanol–water partition coefficient (Wildman–Crippen LogP) is 5.96. The molecule has 158 valence electrons. The maximum Gasteiger partial charge on any atom is 0.178 e. The lowest BCUT2D eigenvalue weighted by Crippen LogP contribution is -1.95. The number of hydrogen-bond acceptors (Lipinski definition) is 6. The fourth-order valence-corrected chi connectivity index (χ4v) is 3.44. The van der Waals surface area contributed by atoms with Crippen LogP contribution >= 0.6 is 11.6 Å². The number of aromatic hydroxyl groups is 1. The summed E-state index contributed by atoms with van der Waals surface area (Å²) in [7, 11) is 3.15. The third-order valence-electron chi connectivity index (χ3n) is 4.77. The van der Waals surface area contributed by atoms with Gasteiger partial charge in [-0.2, -0.15) is 0 Å². The van der Waals surface area contributed by atoms with Crippen LogP contribution in [0.3, 0.4) is 0 Å². The lowest BCUT2D eigenvalue weighted by molar-refractivity contribution is 0.304. The van der Waals surface area contributed by atoms with Crippen molar-refractivity contribution in [1.82, 2.24) is 5.16 Å². The van der Waals surface area contributed by atoms with Crippen molar-refractivity contribution in [2.24, 2.45) is 0 Å². The molecule has 1 aromatic heterocycles. The van der Waals surface area contributed by atoms with Crippen molar-refractivity contribution in [2.45, 2.75) is 6.61 Å². The first-order chi connectivity index (χ1) is 15.1. The highest BCUT2D eigenvalue weighted by Gasteiger charge is 2.18. The van der Waals surface area contributed by atoms with Gasteiger partial charge < -0.3 is 23.8 Å². The van der Waals surface area contributed by atoms with Gasteiger partial charge in [-0.15, -0.1) is 0 Å². The molecule has 1 heterocycles. The third kappa shape index (κ3) is 4.44. The number of methoxy groups -OCH3 is 2. The number of aromatic nitrogens is 1. The lowest BCUT2D eigenvalue weighted by Gasteiger charge is -2.11. The number of phenols is 1. The molecule has 0 aliphatic heterocycles. The van der Waals surface area contributed by atoms with E-state index >= 15 is 0 Å². The number of rotatable bonds is 7. The van der Waals surface area contributed by atoms with Gasteiger partial charge in [0.1, 0.15) is 18.1 Å². The molecule has 0 unspecified atom stereocenters. The second-order valence-electron chi connectivity index (χ2n) is 6.74. The summed E-state index contributed by atoms with van der Waals surface area (Å²) >= 11 is 6.00. The summed E-state index contributed by atoms with van der Waals surface area (Å²) in [6.07, 6.45) is 1.60. The zero-order valence-electron chi connectivity index (χ0n) is 17.0. The van der Waals surface area contributed by atoms with Gasteiger partial charge in [-0.1, -0.05) is 35.0 Å². The third-order valence-corrected chi connectivity index (χ3v) is 5.01. The van der Waals surface area contributed by atoms with E-state index in [-0.39, 0.29) is 5.75 Å². The van der Waals surface area contributed by atoms with Crippen molar-refractivity contribution in [3.8, 4) is 45.4 Å². The number of ether oxygens (including phenoxy) is 3. The largest absolute Gasteiger partial charge is 0.507 e. The molecule has 4 aromatic rings. The minimum Gasteiger partial charge on any atom is -0.507 e. The Labute approximate surface area is 184 Å². The molecule has 0 amide bonds. The van der Waals surface area contributed by atoms with Crippen LogP contribution in [0, 0.1) is 0 Å². The Hall–Kier alpha value is -3.64. The summed E-state index contributed by atoms with van der Waals surface area (Å²) in [6.45, 7) is 0.332. The van der Waals surface area contributed by atoms with Crippen molar-refractivity contribution in [3.05, 3.63) is 77.4 Å². The number of halogens is 1. The molecule has 0 aliphatic carbocycles. The van der Waals surface area contributed by atoms with Crippen LogP contribution in [0.25, 0.3) is 22.5 Å². The molecule has 1 N–H and O–H groups in total. The van der Waals surface area contributed by atoms with E-state index in [1.54, 1.807) is 50.7 Å². The number of nitrogens with zero attached hydrogens (tertiary/aromatic N) is 1. The highest BCUT2D eigenvalue weighted by molar-refractivity contribution is 6.30. The van der Waals surface area contributed by atoms with Crippen LogP contribution < -0.4 is 14.2 Å². The van der Waals surface area contributed by atoms with Gasteiger partial charge in [-0.25, -0.2) is 0 Å². The van der Waals surface area contributed by atoms with Gasteiger partial charge >= 0.3 is 0 Å². The number of phenolic OH excluding ortho intramolecular Hbond substituents is 1. The predicted molar refractivity (Wildman–Crippen MR) is 118 cm³/mol. The van der Waals surface area contributed by atoms with Gasteiger partial charge in [0.2, 0.25) is 0 Å². The zero-order chi connectivity index (χ0) is 21.8. The molecule has 3 aromatic carbocycles. The first-order valence-corrected chi connectivity index (χ1v) is 9.84. The normalized spacial score (nSPS) is 10.7. The second kappa shape index (κ2) is 9.02. The molecule has 31 heavy (non-hydrogen) atoms. The highest BCUT2D eigenvalue weighted by Crippen LogP contribution is 2.40. The zero-order valence-corrected chi connectivity index (χ0v) is 17.7. The molecular formula is C24H20ClNO5. The minimum absolute atomic E-state index is 0.0158. The second-order valence-corrected chi connectivity index (χ2v) is 7.17. The Morgan fingerprint density at radius 3 is 2.52 bits per heavy atom. The van der Waals surface area contributed by atoms with Gasteiger partial charge in [0.15, 0.2) is 17.3 Å². The van der Waals surface area contributed by atoms with E-state index in [9.17, 15) is 5.11 Å². The smallest absolute Gasteiger partial charge is 0.178 e. The van der Waals surface area contributed by atoms with Crippen molar-refractivity contribution in [3.63, 3.8) is 0 Å². The Bertz CT molecular complexity index is 1200. The molecule has 6 nitrogen and oxygen atoms in total. The van der Waals surface area contributed by atoms with Gasteiger partial charge in [0.25, 0.3) is 0 Å². The Kier molecular flexibility index (Phi) is 6.00. The van der Waals surface area contributed by atoms with Crippen molar-refractivity contribution < 1.29 is 23.8 Å². The summed E-state index contributed by atoms with van der Waals surface area (Å²) in [4.78, 5) is 0. The van der Waals surface area contributed by atoms with E-state index < -0.39 is 0 Å². The van der Waals surface area contributed by atoms with Crippen molar-refractivity contribution in [2.75, 3.05) is 14.2 Å². The fourth-order valence-electron chi connectivity index (χ4n) is 3.23. The van der Waals surface area contributed by atoms with Crippen LogP contribution in [-0.4, -0.2) is 24.5 Å². The van der Waals surface area contributed by atoms with Crippen LogP contribution in [0.4, 0.5) is 0 Å². The summed E-state index contributed by atoms with van der Waals surface area (Å²) in [5.74, 6) is 2.18. The maximum atomic E-state index is 10.6. The molecule has 0 saturated heterocycles. The molecule has 4 rings (SSSR count). The molecular weight excluding hydrogens is 418 g/mol.